The standard InChI is InChI=1S/C37H23N3S/c1-5-13-32-27(9-1)28-10-2-6-14-33(28)40(32)26-21-22-35-30(23-26)29-11-3-7-15-34(29)39(35)25-19-17-24(18-20-25)37-38-31-12-4-8-16-36(31)41-37/h1-23H. The Morgan fingerprint density at radius 3 is 1.61 bits per heavy atom. The number of rotatable bonds is 3. The molecule has 0 saturated heterocycles. The molecular weight excluding hydrogens is 518 g/mol. The summed E-state index contributed by atoms with van der Waals surface area (Å²) in [6.07, 6.45) is 0. The largest absolute Gasteiger partial charge is 0.309 e. The van der Waals surface area contributed by atoms with Crippen molar-refractivity contribution in [2.24, 2.45) is 0 Å². The summed E-state index contributed by atoms with van der Waals surface area (Å²) in [5, 5.41) is 6.10. The molecule has 192 valence electrons. The third-order valence-electron chi connectivity index (χ3n) is 8.16. The van der Waals surface area contributed by atoms with E-state index in [1.165, 1.54) is 54.0 Å². The summed E-state index contributed by atoms with van der Waals surface area (Å²) in [7, 11) is 0. The van der Waals surface area contributed by atoms with Gasteiger partial charge in [-0.15, -0.1) is 11.3 Å². The van der Waals surface area contributed by atoms with E-state index in [0.29, 0.717) is 0 Å². The maximum Gasteiger partial charge on any atom is 0.124 e. The second kappa shape index (κ2) is 8.65. The number of thiazole rings is 1. The minimum absolute atomic E-state index is 1.05. The summed E-state index contributed by atoms with van der Waals surface area (Å²) in [5.41, 5.74) is 9.36. The van der Waals surface area contributed by atoms with E-state index in [2.05, 4.69) is 143 Å². The molecule has 3 nitrogen and oxygen atoms in total. The molecule has 9 rings (SSSR count). The topological polar surface area (TPSA) is 22.8 Å². The number of benzene rings is 6. The first-order valence-corrected chi connectivity index (χ1v) is 14.6. The summed E-state index contributed by atoms with van der Waals surface area (Å²) in [4.78, 5) is 4.86. The maximum absolute atomic E-state index is 4.86. The average Bonchev–Trinajstić information content (AvgIpc) is 3.71. The number of para-hydroxylation sites is 4. The lowest BCUT2D eigenvalue weighted by atomic mass is 10.1. The molecule has 4 heteroatoms. The van der Waals surface area contributed by atoms with Gasteiger partial charge in [-0.2, -0.15) is 0 Å². The molecule has 41 heavy (non-hydrogen) atoms. The van der Waals surface area contributed by atoms with Crippen LogP contribution in [-0.4, -0.2) is 14.1 Å². The molecule has 3 heterocycles. The van der Waals surface area contributed by atoms with Crippen molar-refractivity contribution in [3.8, 4) is 21.9 Å². The van der Waals surface area contributed by atoms with Gasteiger partial charge >= 0.3 is 0 Å². The zero-order chi connectivity index (χ0) is 26.9. The first kappa shape index (κ1) is 22.6. The van der Waals surface area contributed by atoms with Gasteiger partial charge in [0.2, 0.25) is 0 Å². The van der Waals surface area contributed by atoms with Gasteiger partial charge in [0.15, 0.2) is 0 Å². The Labute approximate surface area is 240 Å². The van der Waals surface area contributed by atoms with Crippen molar-refractivity contribution >= 4 is 65.2 Å². The van der Waals surface area contributed by atoms with Crippen LogP contribution < -0.4 is 0 Å². The normalized spacial score (nSPS) is 11.9. The van der Waals surface area contributed by atoms with Crippen LogP contribution in [0.5, 0.6) is 0 Å². The Balaban J connectivity index is 1.23. The fraction of sp³-hybridized carbons (Fsp3) is 0. The number of hydrogen-bond acceptors (Lipinski definition) is 2. The highest BCUT2D eigenvalue weighted by molar-refractivity contribution is 7.21. The second-order valence-corrected chi connectivity index (χ2v) is 11.5. The van der Waals surface area contributed by atoms with Gasteiger partial charge < -0.3 is 9.13 Å². The highest BCUT2D eigenvalue weighted by atomic mass is 32.1. The number of fused-ring (bicyclic) bond motifs is 7. The van der Waals surface area contributed by atoms with Crippen LogP contribution in [0.25, 0.3) is 75.8 Å². The van der Waals surface area contributed by atoms with Crippen molar-refractivity contribution in [1.29, 1.82) is 0 Å². The fourth-order valence-corrected chi connectivity index (χ4v) is 7.30. The molecule has 0 radical (unpaired) electrons. The van der Waals surface area contributed by atoms with Crippen LogP contribution in [0.2, 0.25) is 0 Å². The molecule has 0 N–H and O–H groups in total. The predicted molar refractivity (Wildman–Crippen MR) is 174 cm³/mol. The van der Waals surface area contributed by atoms with Gasteiger partial charge in [0.1, 0.15) is 5.01 Å². The molecule has 0 saturated carbocycles. The Hall–Kier alpha value is -5.19. The highest BCUT2D eigenvalue weighted by Crippen LogP contribution is 2.37. The van der Waals surface area contributed by atoms with Gasteiger partial charge in [0.05, 0.1) is 32.3 Å². The minimum atomic E-state index is 1.05. The summed E-state index contributed by atoms with van der Waals surface area (Å²) in [5.74, 6) is 0. The second-order valence-electron chi connectivity index (χ2n) is 10.5. The van der Waals surface area contributed by atoms with Gasteiger partial charge in [-0.3, -0.25) is 0 Å². The summed E-state index contributed by atoms with van der Waals surface area (Å²) >= 11 is 1.74. The predicted octanol–water partition coefficient (Wildman–Crippen LogP) is 10.2. The molecule has 0 aliphatic rings. The van der Waals surface area contributed by atoms with Crippen LogP contribution in [0.3, 0.4) is 0 Å². The van der Waals surface area contributed by atoms with E-state index in [-0.39, 0.29) is 0 Å². The van der Waals surface area contributed by atoms with E-state index in [4.69, 9.17) is 4.98 Å². The summed E-state index contributed by atoms with van der Waals surface area (Å²) < 4.78 is 5.99. The van der Waals surface area contributed by atoms with E-state index < -0.39 is 0 Å². The SMILES string of the molecule is c1ccc2sc(-c3ccc(-n4c5ccccc5c5cc(-n6c7ccccc7c7ccccc76)ccc54)cc3)nc2c1. The Kier molecular flexibility index (Phi) is 4.77. The smallest absolute Gasteiger partial charge is 0.124 e. The van der Waals surface area contributed by atoms with Crippen molar-refractivity contribution in [3.63, 3.8) is 0 Å². The molecule has 0 amide bonds. The molecule has 6 aromatic carbocycles. The van der Waals surface area contributed by atoms with Gasteiger partial charge in [0.25, 0.3) is 0 Å². The highest BCUT2D eigenvalue weighted by Gasteiger charge is 2.16. The molecule has 0 spiro atoms. The van der Waals surface area contributed by atoms with E-state index in [9.17, 15) is 0 Å². The van der Waals surface area contributed by atoms with E-state index in [0.717, 1.165) is 21.8 Å². The zero-order valence-corrected chi connectivity index (χ0v) is 22.8. The molecule has 0 fully saturated rings. The number of hydrogen-bond donors (Lipinski definition) is 0. The van der Waals surface area contributed by atoms with Crippen LogP contribution in [0.15, 0.2) is 140 Å². The van der Waals surface area contributed by atoms with Crippen molar-refractivity contribution in [2.75, 3.05) is 0 Å². The molecule has 9 aromatic rings. The molecule has 0 aliphatic heterocycles. The minimum Gasteiger partial charge on any atom is -0.309 e. The van der Waals surface area contributed by atoms with Crippen LogP contribution in [0.4, 0.5) is 0 Å². The van der Waals surface area contributed by atoms with Crippen molar-refractivity contribution in [2.45, 2.75) is 0 Å². The van der Waals surface area contributed by atoms with E-state index in [1.807, 2.05) is 6.07 Å². The fourth-order valence-electron chi connectivity index (χ4n) is 6.33. The first-order chi connectivity index (χ1) is 20.3. The van der Waals surface area contributed by atoms with Crippen molar-refractivity contribution in [1.82, 2.24) is 14.1 Å². The van der Waals surface area contributed by atoms with Gasteiger partial charge in [0, 0.05) is 38.5 Å². The zero-order valence-electron chi connectivity index (χ0n) is 22.0. The third-order valence-corrected chi connectivity index (χ3v) is 9.25. The Bertz CT molecular complexity index is 2340. The summed E-state index contributed by atoms with van der Waals surface area (Å²) in [6.45, 7) is 0. The van der Waals surface area contributed by atoms with Crippen LogP contribution in [0.1, 0.15) is 0 Å². The lowest BCUT2D eigenvalue weighted by Gasteiger charge is -2.10. The van der Waals surface area contributed by atoms with Crippen molar-refractivity contribution < 1.29 is 0 Å². The average molecular weight is 542 g/mol. The van der Waals surface area contributed by atoms with Gasteiger partial charge in [-0.1, -0.05) is 66.7 Å². The van der Waals surface area contributed by atoms with Gasteiger partial charge in [-0.05, 0) is 72.8 Å². The number of nitrogens with zero attached hydrogens (tertiary/aromatic N) is 3. The monoisotopic (exact) mass is 541 g/mol. The third kappa shape index (κ3) is 3.35. The lowest BCUT2D eigenvalue weighted by Crippen LogP contribution is -1.95. The maximum atomic E-state index is 4.86. The molecule has 3 aromatic heterocycles. The molecule has 0 bridgehead atoms. The summed E-state index contributed by atoms with van der Waals surface area (Å²) in [6, 6.07) is 50.1. The molecule has 0 aliphatic carbocycles. The quantitative estimate of drug-likeness (QED) is 0.218. The molecular formula is C37H23N3S. The Morgan fingerprint density at radius 2 is 0.951 bits per heavy atom. The molecule has 0 unspecified atom stereocenters. The number of aromatic nitrogens is 3. The van der Waals surface area contributed by atoms with Crippen LogP contribution in [-0.2, 0) is 0 Å². The van der Waals surface area contributed by atoms with E-state index >= 15 is 0 Å². The lowest BCUT2D eigenvalue weighted by molar-refractivity contribution is 1.17. The van der Waals surface area contributed by atoms with Crippen molar-refractivity contribution in [3.05, 3.63) is 140 Å². The first-order valence-electron chi connectivity index (χ1n) is 13.8. The van der Waals surface area contributed by atoms with Gasteiger partial charge in [-0.25, -0.2) is 4.98 Å². The van der Waals surface area contributed by atoms with Crippen LogP contribution in [0, 0.1) is 0 Å². The van der Waals surface area contributed by atoms with Crippen LogP contribution >= 0.6 is 11.3 Å². The Morgan fingerprint density at radius 1 is 0.439 bits per heavy atom. The molecule has 0 atom stereocenters. The van der Waals surface area contributed by atoms with E-state index in [1.54, 1.807) is 11.3 Å².